The number of esters is 1. The van der Waals surface area contributed by atoms with Gasteiger partial charge in [0.1, 0.15) is 0 Å². The molecule has 1 aromatic heterocycles. The highest BCUT2D eigenvalue weighted by Gasteiger charge is 2.38. The predicted molar refractivity (Wildman–Crippen MR) is 74.8 cm³/mol. The molecule has 0 aliphatic heterocycles. The number of carbonyl (C=O) groups is 1. The van der Waals surface area contributed by atoms with Crippen LogP contribution in [0, 0.1) is 12.3 Å². The Bertz CT molecular complexity index is 422. The van der Waals surface area contributed by atoms with Crippen LogP contribution in [0.25, 0.3) is 0 Å². The number of nitrogens with two attached hydrogens (primary N) is 1. The first-order chi connectivity index (χ1) is 9.02. The van der Waals surface area contributed by atoms with Gasteiger partial charge >= 0.3 is 5.97 Å². The molecule has 0 amide bonds. The van der Waals surface area contributed by atoms with Crippen molar-refractivity contribution in [1.29, 1.82) is 0 Å². The minimum absolute atomic E-state index is 0.207. The maximum atomic E-state index is 12.2. The van der Waals surface area contributed by atoms with Crippen molar-refractivity contribution in [3.05, 3.63) is 17.5 Å². The molecule has 0 spiro atoms. The molecule has 1 aromatic rings. The molecular formula is C14H25N3O2. The van der Waals surface area contributed by atoms with Gasteiger partial charge in [-0.15, -0.1) is 0 Å². The lowest BCUT2D eigenvalue weighted by Gasteiger charge is -2.28. The highest BCUT2D eigenvalue weighted by molar-refractivity contribution is 5.77. The fourth-order valence-corrected chi connectivity index (χ4v) is 2.29. The quantitative estimate of drug-likeness (QED) is 0.763. The Hall–Kier alpha value is -1.36. The lowest BCUT2D eigenvalue weighted by molar-refractivity contribution is -0.155. The lowest BCUT2D eigenvalue weighted by atomic mass is 9.80. The van der Waals surface area contributed by atoms with Crippen molar-refractivity contribution in [2.45, 2.75) is 47.1 Å². The summed E-state index contributed by atoms with van der Waals surface area (Å²) >= 11 is 0. The standard InChI is InChI=1S/C14H25N3O2/c1-5-14(10-15,13(18)19-7-3)9-12-8-11(4)16-17(12)6-2/h8H,5-7,9-10,15H2,1-4H3. The number of ether oxygens (including phenoxy) is 1. The SMILES string of the molecule is CCOC(=O)C(CC)(CN)Cc1cc(C)nn1CC. The van der Waals surface area contributed by atoms with Gasteiger partial charge < -0.3 is 10.5 Å². The number of hydrogen-bond donors (Lipinski definition) is 1. The second-order valence-corrected chi connectivity index (χ2v) is 4.83. The molecule has 0 fully saturated rings. The van der Waals surface area contributed by atoms with Crippen molar-refractivity contribution in [2.24, 2.45) is 11.1 Å². The van der Waals surface area contributed by atoms with E-state index in [0.29, 0.717) is 19.4 Å². The van der Waals surface area contributed by atoms with Crippen molar-refractivity contribution >= 4 is 5.97 Å². The molecule has 108 valence electrons. The van der Waals surface area contributed by atoms with Gasteiger partial charge in [0.05, 0.1) is 17.7 Å². The molecular weight excluding hydrogens is 242 g/mol. The van der Waals surface area contributed by atoms with Gasteiger partial charge in [-0.1, -0.05) is 6.92 Å². The number of carbonyl (C=O) groups excluding carboxylic acids is 1. The molecule has 0 aliphatic rings. The summed E-state index contributed by atoms with van der Waals surface area (Å²) < 4.78 is 7.12. The number of rotatable bonds is 7. The maximum Gasteiger partial charge on any atom is 0.313 e. The van der Waals surface area contributed by atoms with Gasteiger partial charge in [-0.3, -0.25) is 9.48 Å². The van der Waals surface area contributed by atoms with Crippen molar-refractivity contribution < 1.29 is 9.53 Å². The zero-order valence-corrected chi connectivity index (χ0v) is 12.4. The largest absolute Gasteiger partial charge is 0.466 e. The van der Waals surface area contributed by atoms with Crippen molar-refractivity contribution in [2.75, 3.05) is 13.2 Å². The summed E-state index contributed by atoms with van der Waals surface area (Å²) in [7, 11) is 0. The molecule has 0 bridgehead atoms. The van der Waals surface area contributed by atoms with Crippen LogP contribution in [0.1, 0.15) is 38.6 Å². The normalized spacial score (nSPS) is 14.2. The van der Waals surface area contributed by atoms with E-state index in [1.807, 2.05) is 38.4 Å². The summed E-state index contributed by atoms with van der Waals surface area (Å²) in [5.41, 5.74) is 7.22. The molecule has 5 nitrogen and oxygen atoms in total. The van der Waals surface area contributed by atoms with Gasteiger partial charge in [-0.25, -0.2) is 0 Å². The van der Waals surface area contributed by atoms with Gasteiger partial charge in [0.25, 0.3) is 0 Å². The summed E-state index contributed by atoms with van der Waals surface area (Å²) in [5.74, 6) is -0.207. The monoisotopic (exact) mass is 267 g/mol. The minimum Gasteiger partial charge on any atom is -0.466 e. The van der Waals surface area contributed by atoms with Gasteiger partial charge in [-0.2, -0.15) is 5.10 Å². The second-order valence-electron chi connectivity index (χ2n) is 4.83. The van der Waals surface area contributed by atoms with E-state index in [1.165, 1.54) is 0 Å². The zero-order valence-electron chi connectivity index (χ0n) is 12.4. The van der Waals surface area contributed by atoms with E-state index in [0.717, 1.165) is 17.9 Å². The molecule has 5 heteroatoms. The van der Waals surface area contributed by atoms with E-state index in [1.54, 1.807) is 0 Å². The van der Waals surface area contributed by atoms with Crippen LogP contribution < -0.4 is 5.73 Å². The number of aryl methyl sites for hydroxylation is 2. The molecule has 1 heterocycles. The average Bonchev–Trinajstić information content (AvgIpc) is 2.76. The number of hydrogen-bond acceptors (Lipinski definition) is 4. The maximum absolute atomic E-state index is 12.2. The topological polar surface area (TPSA) is 70.1 Å². The zero-order chi connectivity index (χ0) is 14.5. The second kappa shape index (κ2) is 6.70. The lowest BCUT2D eigenvalue weighted by Crippen LogP contribution is -2.42. The van der Waals surface area contributed by atoms with E-state index in [4.69, 9.17) is 10.5 Å². The molecule has 1 unspecified atom stereocenters. The van der Waals surface area contributed by atoms with E-state index in [-0.39, 0.29) is 12.5 Å². The molecule has 0 radical (unpaired) electrons. The van der Waals surface area contributed by atoms with Crippen LogP contribution in [0.4, 0.5) is 0 Å². The highest BCUT2D eigenvalue weighted by Crippen LogP contribution is 2.28. The van der Waals surface area contributed by atoms with Gasteiger partial charge in [0.2, 0.25) is 0 Å². The third kappa shape index (κ3) is 3.35. The highest BCUT2D eigenvalue weighted by atomic mass is 16.5. The van der Waals surface area contributed by atoms with Crippen molar-refractivity contribution in [1.82, 2.24) is 9.78 Å². The van der Waals surface area contributed by atoms with Crippen molar-refractivity contribution in [3.63, 3.8) is 0 Å². The van der Waals surface area contributed by atoms with E-state index < -0.39 is 5.41 Å². The minimum atomic E-state index is -0.643. The van der Waals surface area contributed by atoms with Crippen LogP contribution in [-0.4, -0.2) is 28.9 Å². The third-order valence-corrected chi connectivity index (χ3v) is 3.58. The molecule has 2 N–H and O–H groups in total. The summed E-state index contributed by atoms with van der Waals surface area (Å²) in [6.45, 7) is 9.24. The molecule has 0 aromatic carbocycles. The third-order valence-electron chi connectivity index (χ3n) is 3.58. The van der Waals surface area contributed by atoms with Gasteiger partial charge in [-0.05, 0) is 33.3 Å². The molecule has 1 rings (SSSR count). The predicted octanol–water partition coefficient (Wildman–Crippen LogP) is 1.67. The van der Waals surface area contributed by atoms with Gasteiger partial charge in [0.15, 0.2) is 0 Å². The fourth-order valence-electron chi connectivity index (χ4n) is 2.29. The number of aromatic nitrogens is 2. The summed E-state index contributed by atoms with van der Waals surface area (Å²) in [6.07, 6.45) is 1.24. The Morgan fingerprint density at radius 3 is 2.63 bits per heavy atom. The van der Waals surface area contributed by atoms with E-state index in [9.17, 15) is 4.79 Å². The summed E-state index contributed by atoms with van der Waals surface area (Å²) in [4.78, 5) is 12.2. The van der Waals surface area contributed by atoms with Gasteiger partial charge in [0, 0.05) is 25.2 Å². The fraction of sp³-hybridized carbons (Fsp3) is 0.714. The molecule has 19 heavy (non-hydrogen) atoms. The first-order valence-electron chi connectivity index (χ1n) is 6.93. The van der Waals surface area contributed by atoms with Crippen LogP contribution in [0.15, 0.2) is 6.07 Å². The first-order valence-corrected chi connectivity index (χ1v) is 6.93. The van der Waals surface area contributed by atoms with Crippen LogP contribution in [0.5, 0.6) is 0 Å². The van der Waals surface area contributed by atoms with E-state index in [2.05, 4.69) is 5.10 Å². The van der Waals surface area contributed by atoms with Crippen LogP contribution in [0.2, 0.25) is 0 Å². The van der Waals surface area contributed by atoms with Crippen molar-refractivity contribution in [3.8, 4) is 0 Å². The molecule has 0 aliphatic carbocycles. The molecule has 1 atom stereocenters. The smallest absolute Gasteiger partial charge is 0.313 e. The van der Waals surface area contributed by atoms with Crippen LogP contribution in [-0.2, 0) is 22.5 Å². The number of nitrogens with zero attached hydrogens (tertiary/aromatic N) is 2. The Kier molecular flexibility index (Phi) is 5.54. The van der Waals surface area contributed by atoms with Crippen LogP contribution in [0.3, 0.4) is 0 Å². The summed E-state index contributed by atoms with van der Waals surface area (Å²) in [6, 6.07) is 2.02. The summed E-state index contributed by atoms with van der Waals surface area (Å²) in [5, 5.41) is 4.41. The van der Waals surface area contributed by atoms with E-state index >= 15 is 0 Å². The Balaban J connectivity index is 3.03. The Morgan fingerprint density at radius 1 is 1.47 bits per heavy atom. The van der Waals surface area contributed by atoms with Crippen LogP contribution >= 0.6 is 0 Å². The first kappa shape index (κ1) is 15.7. The molecule has 0 saturated heterocycles. The molecule has 0 saturated carbocycles. The Labute approximate surface area is 115 Å². The Morgan fingerprint density at radius 2 is 2.16 bits per heavy atom. The average molecular weight is 267 g/mol.